The molecule has 0 aliphatic heterocycles. The summed E-state index contributed by atoms with van der Waals surface area (Å²) in [6.45, 7) is 11.2. The summed E-state index contributed by atoms with van der Waals surface area (Å²) in [4.78, 5) is 0. The van der Waals surface area contributed by atoms with Gasteiger partial charge in [0.1, 0.15) is 0 Å². The van der Waals surface area contributed by atoms with Crippen molar-refractivity contribution >= 4 is 9.42 Å². The standard InChI is InChI=1S/C25H54N.ClH.Pt/c1-5-8-11-14-17-20-23-26(4,24-21-18-15-12-9-6-2)25-22-19-16-13-10-7-3;;/h5-25H2,1-4H3;1H;/q+1;;/p-1. The fourth-order valence-corrected chi connectivity index (χ4v) is 4.16. The van der Waals surface area contributed by atoms with Crippen LogP contribution in [0.4, 0.5) is 0 Å². The van der Waals surface area contributed by atoms with E-state index in [9.17, 15) is 0 Å². The topological polar surface area (TPSA) is 0 Å². The Hall–Kier alpha value is 0.938. The number of rotatable bonds is 21. The molecule has 0 atom stereocenters. The molecule has 0 heterocycles. The molecule has 0 N–H and O–H groups in total. The van der Waals surface area contributed by atoms with Crippen molar-refractivity contribution in [1.29, 1.82) is 0 Å². The van der Waals surface area contributed by atoms with Crippen LogP contribution in [0.2, 0.25) is 0 Å². The van der Waals surface area contributed by atoms with E-state index in [1.807, 2.05) is 0 Å². The molecule has 0 spiro atoms. The van der Waals surface area contributed by atoms with Gasteiger partial charge in [-0.05, 0) is 38.5 Å². The van der Waals surface area contributed by atoms with E-state index < -0.39 is 0 Å². The molecule has 0 aromatic rings. The summed E-state index contributed by atoms with van der Waals surface area (Å²) in [6, 6.07) is 0. The number of unbranched alkanes of at least 4 members (excludes halogenated alkanes) is 15. The van der Waals surface area contributed by atoms with Gasteiger partial charge in [0.15, 0.2) is 0 Å². The zero-order valence-electron chi connectivity index (χ0n) is 20.0. The second-order valence-electron chi connectivity index (χ2n) is 9.09. The molecule has 176 valence electrons. The first-order chi connectivity index (χ1) is 13.7. The molecule has 0 bridgehead atoms. The van der Waals surface area contributed by atoms with Gasteiger partial charge in [-0.1, -0.05) is 97.8 Å². The summed E-state index contributed by atoms with van der Waals surface area (Å²) >= 11 is 1.61. The van der Waals surface area contributed by atoms with Gasteiger partial charge in [0.05, 0.1) is 26.7 Å². The van der Waals surface area contributed by atoms with Crippen molar-refractivity contribution < 1.29 is 23.3 Å². The van der Waals surface area contributed by atoms with Crippen molar-refractivity contribution in [3.05, 3.63) is 0 Å². The summed E-state index contributed by atoms with van der Waals surface area (Å²) in [5, 5.41) is 0. The van der Waals surface area contributed by atoms with E-state index in [2.05, 4.69) is 37.2 Å². The maximum atomic E-state index is 4.61. The Balaban J connectivity index is 0. The minimum atomic E-state index is 1.36. The quantitative estimate of drug-likeness (QED) is 0.0912. The molecular weight excluding hydrogens is 545 g/mol. The monoisotopic (exact) mass is 598 g/mol. The van der Waals surface area contributed by atoms with Crippen LogP contribution >= 0.6 is 9.42 Å². The first-order valence-electron chi connectivity index (χ1n) is 12.6. The van der Waals surface area contributed by atoms with Crippen LogP contribution in [-0.2, 0) is 18.8 Å². The van der Waals surface area contributed by atoms with Gasteiger partial charge in [-0.25, -0.2) is 0 Å². The summed E-state index contributed by atoms with van der Waals surface area (Å²) in [6.07, 6.45) is 25.9. The van der Waals surface area contributed by atoms with Crippen LogP contribution in [-0.4, -0.2) is 31.2 Å². The molecule has 1 nitrogen and oxygen atoms in total. The summed E-state index contributed by atoms with van der Waals surface area (Å²) < 4.78 is 1.36. The summed E-state index contributed by atoms with van der Waals surface area (Å²) in [5.74, 6) is 0. The Bertz CT molecular complexity index is 232. The van der Waals surface area contributed by atoms with Gasteiger partial charge in [-0.2, -0.15) is 0 Å². The van der Waals surface area contributed by atoms with Crippen molar-refractivity contribution in [2.24, 2.45) is 0 Å². The van der Waals surface area contributed by atoms with Crippen LogP contribution in [0.5, 0.6) is 0 Å². The molecule has 0 unspecified atom stereocenters. The van der Waals surface area contributed by atoms with Gasteiger partial charge in [-0.15, -0.1) is 0 Å². The van der Waals surface area contributed by atoms with Gasteiger partial charge in [-0.3, -0.25) is 0 Å². The van der Waals surface area contributed by atoms with Crippen LogP contribution < -0.4 is 0 Å². The Morgan fingerprint density at radius 3 is 0.893 bits per heavy atom. The average molecular weight is 599 g/mol. The molecule has 0 fully saturated rings. The van der Waals surface area contributed by atoms with E-state index in [0.29, 0.717) is 0 Å². The number of quaternary nitrogens is 1. The number of halogens is 1. The van der Waals surface area contributed by atoms with Gasteiger partial charge >= 0.3 is 28.2 Å². The minimum absolute atomic E-state index is 1.36. The second-order valence-corrected chi connectivity index (χ2v) is 9.09. The van der Waals surface area contributed by atoms with E-state index in [1.54, 1.807) is 18.8 Å². The van der Waals surface area contributed by atoms with Crippen LogP contribution in [0.15, 0.2) is 0 Å². The molecule has 0 aromatic carbocycles. The molecule has 0 amide bonds. The Labute approximate surface area is 195 Å². The second kappa shape index (κ2) is 26.0. The van der Waals surface area contributed by atoms with Crippen LogP contribution in [0.1, 0.15) is 136 Å². The van der Waals surface area contributed by atoms with Gasteiger partial charge < -0.3 is 4.48 Å². The molecule has 0 saturated heterocycles. The third-order valence-corrected chi connectivity index (χ3v) is 6.15. The number of nitrogens with zero attached hydrogens (tertiary/aromatic N) is 1. The molecular formula is C25H54ClNPt. The van der Waals surface area contributed by atoms with E-state index in [4.69, 9.17) is 0 Å². The first kappa shape index (κ1) is 31.1. The van der Waals surface area contributed by atoms with E-state index in [0.717, 1.165) is 0 Å². The Morgan fingerprint density at radius 1 is 0.429 bits per heavy atom. The SMILES string of the molecule is CCCCCCCC[N+](C)(CCCCCCCC)CCCCCCCC.[Cl][Pt-]. The van der Waals surface area contributed by atoms with E-state index in [1.165, 1.54) is 140 Å². The summed E-state index contributed by atoms with van der Waals surface area (Å²) in [7, 11) is 7.17. The average Bonchev–Trinajstić information content (AvgIpc) is 2.71. The molecule has 0 saturated carbocycles. The predicted octanol–water partition coefficient (Wildman–Crippen LogP) is 9.20. The summed E-state index contributed by atoms with van der Waals surface area (Å²) in [5.41, 5.74) is 0. The van der Waals surface area contributed by atoms with Crippen LogP contribution in [0.25, 0.3) is 0 Å². The van der Waals surface area contributed by atoms with Crippen molar-refractivity contribution in [3.63, 3.8) is 0 Å². The molecule has 0 rings (SSSR count). The molecule has 0 radical (unpaired) electrons. The molecule has 28 heavy (non-hydrogen) atoms. The van der Waals surface area contributed by atoms with Gasteiger partial charge in [0.25, 0.3) is 0 Å². The van der Waals surface area contributed by atoms with Gasteiger partial charge in [0, 0.05) is 0 Å². The number of hydrogen-bond donors (Lipinski definition) is 0. The van der Waals surface area contributed by atoms with E-state index >= 15 is 0 Å². The molecule has 0 aliphatic rings. The van der Waals surface area contributed by atoms with Crippen molar-refractivity contribution in [2.75, 3.05) is 26.7 Å². The molecule has 0 aliphatic carbocycles. The predicted molar refractivity (Wildman–Crippen MR) is 127 cm³/mol. The third kappa shape index (κ3) is 23.2. The van der Waals surface area contributed by atoms with Crippen molar-refractivity contribution in [3.8, 4) is 0 Å². The maximum absolute atomic E-state index is 4.61. The number of hydrogen-bond acceptors (Lipinski definition) is 0. The molecule has 0 aromatic heterocycles. The Morgan fingerprint density at radius 2 is 0.643 bits per heavy atom. The third-order valence-electron chi connectivity index (χ3n) is 6.15. The van der Waals surface area contributed by atoms with Crippen LogP contribution in [0.3, 0.4) is 0 Å². The zero-order chi connectivity index (χ0) is 21.3. The van der Waals surface area contributed by atoms with Crippen LogP contribution in [0, 0.1) is 0 Å². The van der Waals surface area contributed by atoms with Crippen molar-refractivity contribution in [1.82, 2.24) is 0 Å². The van der Waals surface area contributed by atoms with E-state index in [-0.39, 0.29) is 0 Å². The zero-order valence-corrected chi connectivity index (χ0v) is 23.0. The fraction of sp³-hybridized carbons (Fsp3) is 1.00. The normalized spacial score (nSPS) is 11.4. The molecule has 3 heteroatoms. The fourth-order valence-electron chi connectivity index (χ4n) is 4.16. The van der Waals surface area contributed by atoms with Crippen molar-refractivity contribution in [2.45, 2.75) is 136 Å². The Kier molecular flexibility index (Phi) is 28.9. The first-order valence-corrected chi connectivity index (χ1v) is 15.5. The van der Waals surface area contributed by atoms with Gasteiger partial charge in [0.2, 0.25) is 0 Å².